The molecule has 0 aliphatic rings. The van der Waals surface area contributed by atoms with Crippen LogP contribution < -0.4 is 14.4 Å². The molecule has 1 N–H and O–H groups in total. The van der Waals surface area contributed by atoms with Gasteiger partial charge in [0.05, 0.1) is 16.8 Å². The smallest absolute Gasteiger partial charge is 0.339 e. The van der Waals surface area contributed by atoms with Crippen LogP contribution in [0.15, 0.2) is 71.8 Å². The van der Waals surface area contributed by atoms with Crippen molar-refractivity contribution in [1.82, 2.24) is 4.98 Å². The van der Waals surface area contributed by atoms with Gasteiger partial charge in [-0.1, -0.05) is 6.07 Å². The Kier molecular flexibility index (Phi) is 6.16. The molecule has 1 aromatic heterocycles. The fourth-order valence-electron chi connectivity index (χ4n) is 2.52. The minimum absolute atomic E-state index is 0.0416. The Morgan fingerprint density at radius 2 is 1.81 bits per heavy atom. The van der Waals surface area contributed by atoms with Crippen molar-refractivity contribution in [2.75, 3.05) is 24.3 Å². The number of pyridine rings is 1. The summed E-state index contributed by atoms with van der Waals surface area (Å²) in [5.74, 6) is 0.289. The molecule has 0 unspecified atom stereocenters. The van der Waals surface area contributed by atoms with Gasteiger partial charge >= 0.3 is 10.1 Å². The average Bonchev–Trinajstić information content (AvgIpc) is 2.74. The lowest BCUT2D eigenvalue weighted by Gasteiger charge is -2.12. The van der Waals surface area contributed by atoms with E-state index in [1.807, 2.05) is 19.0 Å². The number of aromatic nitrogens is 1. The molecule has 0 fully saturated rings. The second kappa shape index (κ2) is 8.79. The molecule has 10 nitrogen and oxygen atoms in total. The maximum atomic E-state index is 12.4. The first-order chi connectivity index (χ1) is 14.7. The number of nitrogens with one attached hydrogen (secondary N) is 1. The van der Waals surface area contributed by atoms with Crippen LogP contribution in [0.4, 0.5) is 17.2 Å². The number of nitro benzene ring substituents is 1. The molecule has 2 aromatic carbocycles. The average molecular weight is 442 g/mol. The van der Waals surface area contributed by atoms with E-state index in [-0.39, 0.29) is 21.9 Å². The second-order valence-electron chi connectivity index (χ2n) is 6.57. The molecule has 0 spiro atoms. The van der Waals surface area contributed by atoms with Crippen molar-refractivity contribution in [3.05, 3.63) is 82.5 Å². The molecular formula is C20H18N4O6S. The van der Waals surface area contributed by atoms with E-state index in [0.717, 1.165) is 11.9 Å². The van der Waals surface area contributed by atoms with Crippen LogP contribution in [0.5, 0.6) is 5.75 Å². The Morgan fingerprint density at radius 3 is 2.39 bits per heavy atom. The van der Waals surface area contributed by atoms with E-state index in [4.69, 9.17) is 4.18 Å². The van der Waals surface area contributed by atoms with Gasteiger partial charge in [0.2, 0.25) is 0 Å². The number of nitro groups is 1. The molecule has 0 aliphatic carbocycles. The Morgan fingerprint density at radius 1 is 1.10 bits per heavy atom. The topological polar surface area (TPSA) is 132 Å². The molecule has 0 saturated heterocycles. The maximum absolute atomic E-state index is 12.4. The van der Waals surface area contributed by atoms with Gasteiger partial charge in [-0.2, -0.15) is 8.42 Å². The summed E-state index contributed by atoms with van der Waals surface area (Å²) in [6.45, 7) is 0. The number of hydrogen-bond acceptors (Lipinski definition) is 8. The summed E-state index contributed by atoms with van der Waals surface area (Å²) in [4.78, 5) is 28.2. The molecule has 3 rings (SSSR count). The fourth-order valence-corrected chi connectivity index (χ4v) is 3.49. The quantitative estimate of drug-likeness (QED) is 0.335. The van der Waals surface area contributed by atoms with Crippen LogP contribution in [0.25, 0.3) is 0 Å². The molecule has 0 radical (unpaired) electrons. The highest BCUT2D eigenvalue weighted by Gasteiger charge is 2.20. The molecular weight excluding hydrogens is 424 g/mol. The summed E-state index contributed by atoms with van der Waals surface area (Å²) >= 11 is 0. The molecule has 1 amide bonds. The zero-order chi connectivity index (χ0) is 22.6. The van der Waals surface area contributed by atoms with Crippen molar-refractivity contribution < 1.29 is 22.3 Å². The number of anilines is 2. The van der Waals surface area contributed by atoms with Crippen LogP contribution in [0, 0.1) is 10.1 Å². The lowest BCUT2D eigenvalue weighted by molar-refractivity contribution is -0.385. The third-order valence-electron chi connectivity index (χ3n) is 4.10. The summed E-state index contributed by atoms with van der Waals surface area (Å²) in [6, 6.07) is 13.4. The molecule has 0 aliphatic heterocycles. The zero-order valence-electron chi connectivity index (χ0n) is 16.6. The second-order valence-corrected chi connectivity index (χ2v) is 8.12. The summed E-state index contributed by atoms with van der Waals surface area (Å²) in [5, 5.41) is 13.5. The Hall–Kier alpha value is -3.99. The molecule has 1 heterocycles. The fraction of sp³-hybridized carbons (Fsp3) is 0.100. The predicted octanol–water partition coefficient (Wildman–Crippen LogP) is 3.08. The SMILES string of the molecule is CN(C)c1ccc(NC(=O)c2ccc(OS(=O)(=O)c3cccc([N+](=O)[O-])c3)cc2)cn1. The summed E-state index contributed by atoms with van der Waals surface area (Å²) in [6.07, 6.45) is 1.52. The van der Waals surface area contributed by atoms with Gasteiger partial charge < -0.3 is 14.4 Å². The van der Waals surface area contributed by atoms with Crippen LogP contribution in [-0.4, -0.2) is 38.3 Å². The predicted molar refractivity (Wildman–Crippen MR) is 114 cm³/mol. The van der Waals surface area contributed by atoms with E-state index < -0.39 is 20.9 Å². The highest BCUT2D eigenvalue weighted by atomic mass is 32.2. The van der Waals surface area contributed by atoms with Crippen molar-refractivity contribution in [1.29, 1.82) is 0 Å². The summed E-state index contributed by atoms with van der Waals surface area (Å²) in [5.41, 5.74) is 0.408. The van der Waals surface area contributed by atoms with Gasteiger partial charge in [-0.25, -0.2) is 4.98 Å². The Bertz CT molecular complexity index is 1210. The first-order valence-electron chi connectivity index (χ1n) is 8.89. The van der Waals surface area contributed by atoms with Gasteiger partial charge in [0.25, 0.3) is 11.6 Å². The van der Waals surface area contributed by atoms with Crippen molar-refractivity contribution in [3.63, 3.8) is 0 Å². The minimum Gasteiger partial charge on any atom is -0.379 e. The lowest BCUT2D eigenvalue weighted by atomic mass is 10.2. The van der Waals surface area contributed by atoms with Crippen LogP contribution in [0.2, 0.25) is 0 Å². The summed E-state index contributed by atoms with van der Waals surface area (Å²) in [7, 11) is -0.578. The molecule has 0 bridgehead atoms. The highest BCUT2D eigenvalue weighted by Crippen LogP contribution is 2.23. The van der Waals surface area contributed by atoms with E-state index in [1.165, 1.54) is 48.7 Å². The maximum Gasteiger partial charge on any atom is 0.339 e. The van der Waals surface area contributed by atoms with E-state index in [1.54, 1.807) is 12.1 Å². The third-order valence-corrected chi connectivity index (χ3v) is 5.35. The molecule has 31 heavy (non-hydrogen) atoms. The van der Waals surface area contributed by atoms with Crippen LogP contribution in [-0.2, 0) is 10.1 Å². The number of carbonyl (C=O) groups excluding carboxylic acids is 1. The number of nitrogens with zero attached hydrogens (tertiary/aromatic N) is 3. The van der Waals surface area contributed by atoms with Crippen molar-refractivity contribution in [2.24, 2.45) is 0 Å². The van der Waals surface area contributed by atoms with Gasteiger partial charge in [-0.15, -0.1) is 0 Å². The van der Waals surface area contributed by atoms with Gasteiger partial charge in [0.1, 0.15) is 16.5 Å². The Balaban J connectivity index is 1.70. The number of carbonyl (C=O) groups is 1. The van der Waals surface area contributed by atoms with Crippen LogP contribution >= 0.6 is 0 Å². The molecule has 0 atom stereocenters. The monoisotopic (exact) mass is 442 g/mol. The van der Waals surface area contributed by atoms with Crippen molar-refractivity contribution in [3.8, 4) is 5.75 Å². The van der Waals surface area contributed by atoms with Gasteiger partial charge in [-0.05, 0) is 42.5 Å². The van der Waals surface area contributed by atoms with Gasteiger partial charge in [0.15, 0.2) is 0 Å². The molecule has 160 valence electrons. The van der Waals surface area contributed by atoms with E-state index >= 15 is 0 Å². The zero-order valence-corrected chi connectivity index (χ0v) is 17.4. The lowest BCUT2D eigenvalue weighted by Crippen LogP contribution is -2.14. The molecule has 0 saturated carbocycles. The third kappa shape index (κ3) is 5.34. The number of amides is 1. The summed E-state index contributed by atoms with van der Waals surface area (Å²) < 4.78 is 29.8. The first kappa shape index (κ1) is 21.7. The van der Waals surface area contributed by atoms with Crippen molar-refractivity contribution >= 4 is 33.2 Å². The number of rotatable bonds is 7. The van der Waals surface area contributed by atoms with Gasteiger partial charge in [0, 0.05) is 31.8 Å². The first-order valence-corrected chi connectivity index (χ1v) is 10.3. The number of hydrogen-bond donors (Lipinski definition) is 1. The Labute approximate surface area is 178 Å². The normalized spacial score (nSPS) is 10.9. The van der Waals surface area contributed by atoms with E-state index in [2.05, 4.69) is 10.3 Å². The minimum atomic E-state index is -4.28. The number of benzene rings is 2. The van der Waals surface area contributed by atoms with E-state index in [0.29, 0.717) is 5.69 Å². The van der Waals surface area contributed by atoms with E-state index in [9.17, 15) is 23.3 Å². The number of non-ortho nitro benzene ring substituents is 1. The molecule has 3 aromatic rings. The van der Waals surface area contributed by atoms with Gasteiger partial charge in [-0.3, -0.25) is 14.9 Å². The van der Waals surface area contributed by atoms with Crippen LogP contribution in [0.1, 0.15) is 10.4 Å². The highest BCUT2D eigenvalue weighted by molar-refractivity contribution is 7.87. The standard InChI is InChI=1S/C20H18N4O6S/c1-23(2)19-11-8-15(13-21-19)22-20(25)14-6-9-17(10-7-14)30-31(28,29)18-5-3-4-16(12-18)24(26)27/h3-13H,1-2H3,(H,22,25). The molecule has 11 heteroatoms. The largest absolute Gasteiger partial charge is 0.379 e. The van der Waals surface area contributed by atoms with Crippen LogP contribution in [0.3, 0.4) is 0 Å². The van der Waals surface area contributed by atoms with Crippen molar-refractivity contribution in [2.45, 2.75) is 4.90 Å².